The fourth-order valence-electron chi connectivity index (χ4n) is 4.64. The van der Waals surface area contributed by atoms with Crippen LogP contribution in [0.15, 0.2) is 71.6 Å². The number of carbonyl (C=O) groups excluding carboxylic acids is 2. The van der Waals surface area contributed by atoms with Crippen LogP contribution < -0.4 is 15.1 Å². The Bertz CT molecular complexity index is 1210. The van der Waals surface area contributed by atoms with Crippen LogP contribution in [0.2, 0.25) is 0 Å². The number of anilines is 3. The summed E-state index contributed by atoms with van der Waals surface area (Å²) in [5.41, 5.74) is 6.13. The molecule has 3 aromatic rings. The highest BCUT2D eigenvalue weighted by molar-refractivity contribution is 8.00. The maximum atomic E-state index is 13.1. The van der Waals surface area contributed by atoms with Crippen molar-refractivity contribution < 1.29 is 9.59 Å². The lowest BCUT2D eigenvalue weighted by Gasteiger charge is -2.18. The molecule has 0 aromatic heterocycles. The summed E-state index contributed by atoms with van der Waals surface area (Å²) in [4.78, 5) is 31.0. The smallest absolute Gasteiger partial charge is 0.256 e. The summed E-state index contributed by atoms with van der Waals surface area (Å²) in [7, 11) is 0. The monoisotopic (exact) mass is 457 g/mol. The highest BCUT2D eigenvalue weighted by Gasteiger charge is 2.24. The van der Waals surface area contributed by atoms with Gasteiger partial charge in [0.05, 0.1) is 11.3 Å². The number of carbonyl (C=O) groups is 2. The lowest BCUT2D eigenvalue weighted by molar-refractivity contribution is -0.116. The third-order valence-corrected chi connectivity index (χ3v) is 7.45. The first-order chi connectivity index (χ1) is 16.1. The van der Waals surface area contributed by atoms with Crippen molar-refractivity contribution in [1.82, 2.24) is 0 Å². The average Bonchev–Trinajstić information content (AvgIpc) is 3.46. The second-order valence-corrected chi connectivity index (χ2v) is 9.35. The fourth-order valence-corrected chi connectivity index (χ4v) is 5.57. The minimum absolute atomic E-state index is 0.0680. The van der Waals surface area contributed by atoms with Crippen molar-refractivity contribution in [2.24, 2.45) is 0 Å². The van der Waals surface area contributed by atoms with Gasteiger partial charge in [0.2, 0.25) is 5.91 Å². The standard InChI is InChI=1S/C27H27N3O2S/c1-2-29-15-13-20-11-12-21(17-24(20)29)28-27(32)22-8-4-6-10-25(22)33-18-26(31)30-16-14-19-7-3-5-9-23(19)30/h3-12,17H,2,13-16,18H2,1H3,(H,28,32). The van der Waals surface area contributed by atoms with E-state index in [1.807, 2.05) is 53.4 Å². The number of benzene rings is 3. The van der Waals surface area contributed by atoms with Crippen molar-refractivity contribution in [2.45, 2.75) is 24.7 Å². The minimum Gasteiger partial charge on any atom is -0.371 e. The first-order valence-electron chi connectivity index (χ1n) is 11.4. The summed E-state index contributed by atoms with van der Waals surface area (Å²) >= 11 is 1.42. The third-order valence-electron chi connectivity index (χ3n) is 6.39. The number of nitrogens with zero attached hydrogens (tertiary/aromatic N) is 2. The van der Waals surface area contributed by atoms with Crippen molar-refractivity contribution in [1.29, 1.82) is 0 Å². The molecule has 3 aromatic carbocycles. The van der Waals surface area contributed by atoms with Crippen LogP contribution in [-0.2, 0) is 17.6 Å². The van der Waals surface area contributed by atoms with Gasteiger partial charge in [0.15, 0.2) is 0 Å². The van der Waals surface area contributed by atoms with Gasteiger partial charge < -0.3 is 15.1 Å². The van der Waals surface area contributed by atoms with Crippen molar-refractivity contribution >= 4 is 40.6 Å². The van der Waals surface area contributed by atoms with Crippen LogP contribution in [0, 0.1) is 0 Å². The quantitative estimate of drug-likeness (QED) is 0.529. The summed E-state index contributed by atoms with van der Waals surface area (Å²) in [6.45, 7) is 4.85. The predicted octanol–water partition coefficient (Wildman–Crippen LogP) is 5.00. The summed E-state index contributed by atoms with van der Waals surface area (Å²) < 4.78 is 0. The molecule has 0 fully saturated rings. The normalized spacial score (nSPS) is 14.2. The van der Waals surface area contributed by atoms with E-state index in [2.05, 4.69) is 35.3 Å². The number of nitrogens with one attached hydrogen (secondary N) is 1. The molecule has 5 rings (SSSR count). The number of thioether (sulfide) groups is 1. The zero-order valence-electron chi connectivity index (χ0n) is 18.7. The van der Waals surface area contributed by atoms with E-state index in [4.69, 9.17) is 0 Å². The Morgan fingerprint density at radius 1 is 0.909 bits per heavy atom. The van der Waals surface area contributed by atoms with Gasteiger partial charge in [-0.05, 0) is 61.2 Å². The average molecular weight is 458 g/mol. The molecule has 33 heavy (non-hydrogen) atoms. The first-order valence-corrected chi connectivity index (χ1v) is 12.4. The highest BCUT2D eigenvalue weighted by atomic mass is 32.2. The number of likely N-dealkylation sites (N-methyl/N-ethyl adjacent to an activating group) is 1. The van der Waals surface area contributed by atoms with Gasteiger partial charge >= 0.3 is 0 Å². The summed E-state index contributed by atoms with van der Waals surface area (Å²) in [5, 5.41) is 3.05. The van der Waals surface area contributed by atoms with E-state index in [1.54, 1.807) is 0 Å². The zero-order valence-corrected chi connectivity index (χ0v) is 19.5. The lowest BCUT2D eigenvalue weighted by atomic mass is 10.1. The summed E-state index contributed by atoms with van der Waals surface area (Å²) in [5.74, 6) is 0.208. The number of amides is 2. The van der Waals surface area contributed by atoms with Crippen molar-refractivity contribution in [3.8, 4) is 0 Å². The zero-order chi connectivity index (χ0) is 22.8. The molecular formula is C27H27N3O2S. The lowest BCUT2D eigenvalue weighted by Crippen LogP contribution is -2.30. The Hall–Kier alpha value is -3.25. The topological polar surface area (TPSA) is 52.7 Å². The van der Waals surface area contributed by atoms with Gasteiger partial charge in [0, 0.05) is 41.6 Å². The number of hydrogen-bond acceptors (Lipinski definition) is 4. The molecule has 0 saturated carbocycles. The SMILES string of the molecule is CCN1CCc2ccc(NC(=O)c3ccccc3SCC(=O)N3CCc4ccccc43)cc21. The van der Waals surface area contributed by atoms with Gasteiger partial charge in [-0.15, -0.1) is 11.8 Å². The van der Waals surface area contributed by atoms with Crippen molar-refractivity contribution in [3.63, 3.8) is 0 Å². The second kappa shape index (κ2) is 9.32. The highest BCUT2D eigenvalue weighted by Crippen LogP contribution is 2.32. The van der Waals surface area contributed by atoms with Crippen LogP contribution in [0.25, 0.3) is 0 Å². The summed E-state index contributed by atoms with van der Waals surface area (Å²) in [6, 6.07) is 21.7. The molecule has 0 saturated heterocycles. The van der Waals surface area contributed by atoms with Crippen LogP contribution in [0.1, 0.15) is 28.4 Å². The van der Waals surface area contributed by atoms with Gasteiger partial charge in [0.25, 0.3) is 5.91 Å². The van der Waals surface area contributed by atoms with E-state index in [0.717, 1.165) is 42.2 Å². The molecule has 168 valence electrons. The fraction of sp³-hybridized carbons (Fsp3) is 0.259. The molecule has 0 bridgehead atoms. The molecule has 0 unspecified atom stereocenters. The molecule has 2 aliphatic heterocycles. The van der Waals surface area contributed by atoms with Crippen LogP contribution in [0.5, 0.6) is 0 Å². The maximum absolute atomic E-state index is 13.1. The largest absolute Gasteiger partial charge is 0.371 e. The van der Waals surface area contributed by atoms with E-state index in [0.29, 0.717) is 17.9 Å². The Balaban J connectivity index is 1.27. The van der Waals surface area contributed by atoms with Crippen molar-refractivity contribution in [3.05, 3.63) is 83.4 Å². The van der Waals surface area contributed by atoms with Crippen LogP contribution in [0.3, 0.4) is 0 Å². The number of para-hydroxylation sites is 1. The Morgan fingerprint density at radius 2 is 1.67 bits per heavy atom. The number of fused-ring (bicyclic) bond motifs is 2. The van der Waals surface area contributed by atoms with Gasteiger partial charge in [-0.1, -0.05) is 36.4 Å². The molecule has 5 nitrogen and oxygen atoms in total. The van der Waals surface area contributed by atoms with Gasteiger partial charge in [-0.2, -0.15) is 0 Å². The van der Waals surface area contributed by atoms with Gasteiger partial charge in [-0.3, -0.25) is 9.59 Å². The van der Waals surface area contributed by atoms with Crippen LogP contribution in [-0.4, -0.2) is 37.2 Å². The van der Waals surface area contributed by atoms with E-state index >= 15 is 0 Å². The van der Waals surface area contributed by atoms with Crippen molar-refractivity contribution in [2.75, 3.05) is 40.5 Å². The van der Waals surface area contributed by atoms with E-state index in [1.165, 1.54) is 28.6 Å². The van der Waals surface area contributed by atoms with E-state index in [-0.39, 0.29) is 11.8 Å². The molecule has 6 heteroatoms. The number of hydrogen-bond donors (Lipinski definition) is 1. The van der Waals surface area contributed by atoms with Gasteiger partial charge in [-0.25, -0.2) is 0 Å². The van der Waals surface area contributed by atoms with E-state index < -0.39 is 0 Å². The summed E-state index contributed by atoms with van der Waals surface area (Å²) in [6.07, 6.45) is 1.94. The second-order valence-electron chi connectivity index (χ2n) is 8.34. The molecule has 0 spiro atoms. The predicted molar refractivity (Wildman–Crippen MR) is 136 cm³/mol. The maximum Gasteiger partial charge on any atom is 0.256 e. The molecule has 2 heterocycles. The Labute approximate surface area is 198 Å². The van der Waals surface area contributed by atoms with Crippen LogP contribution >= 0.6 is 11.8 Å². The third kappa shape index (κ3) is 4.35. The Morgan fingerprint density at radius 3 is 2.55 bits per heavy atom. The molecule has 1 N–H and O–H groups in total. The first kappa shape index (κ1) is 21.6. The minimum atomic E-state index is -0.155. The molecule has 2 aliphatic rings. The van der Waals surface area contributed by atoms with Crippen LogP contribution in [0.4, 0.5) is 17.1 Å². The molecule has 0 aliphatic carbocycles. The molecule has 2 amide bonds. The molecular weight excluding hydrogens is 430 g/mol. The van der Waals surface area contributed by atoms with E-state index in [9.17, 15) is 9.59 Å². The van der Waals surface area contributed by atoms with Gasteiger partial charge in [0.1, 0.15) is 0 Å². The Kier molecular flexibility index (Phi) is 6.09. The molecule has 0 atom stereocenters. The number of rotatable bonds is 6. The molecule has 0 radical (unpaired) electrons.